The second kappa shape index (κ2) is 5.34. The maximum Gasteiger partial charge on any atom is 0.137 e. The van der Waals surface area contributed by atoms with Crippen LogP contribution in [0.25, 0.3) is 0 Å². The van der Waals surface area contributed by atoms with E-state index in [1.54, 1.807) is 18.9 Å². The van der Waals surface area contributed by atoms with Gasteiger partial charge in [-0.2, -0.15) is 0 Å². The Balaban J connectivity index is 2.22. The number of nitrogens with two attached hydrogens (primary N) is 1. The van der Waals surface area contributed by atoms with Crippen LogP contribution in [0.5, 0.6) is 5.75 Å². The van der Waals surface area contributed by atoms with Crippen molar-refractivity contribution >= 4 is 29.1 Å². The van der Waals surface area contributed by atoms with Gasteiger partial charge in [-0.1, -0.05) is 29.4 Å². The van der Waals surface area contributed by atoms with Crippen LogP contribution in [0.2, 0.25) is 5.02 Å². The van der Waals surface area contributed by atoms with E-state index in [2.05, 4.69) is 0 Å². The van der Waals surface area contributed by atoms with Gasteiger partial charge in [0, 0.05) is 15.5 Å². The van der Waals surface area contributed by atoms with Crippen molar-refractivity contribution in [1.29, 1.82) is 0 Å². The highest BCUT2D eigenvalue weighted by Gasteiger charge is 2.03. The van der Waals surface area contributed by atoms with Crippen molar-refractivity contribution in [3.63, 3.8) is 0 Å². The molecular formula is C13H12ClNOS. The van der Waals surface area contributed by atoms with E-state index in [0.717, 1.165) is 15.5 Å². The summed E-state index contributed by atoms with van der Waals surface area (Å²) in [6.45, 7) is 0. The molecule has 4 heteroatoms. The van der Waals surface area contributed by atoms with Gasteiger partial charge in [0.15, 0.2) is 0 Å². The van der Waals surface area contributed by atoms with Gasteiger partial charge in [-0.05, 0) is 36.4 Å². The summed E-state index contributed by atoms with van der Waals surface area (Å²) in [4.78, 5) is 2.15. The minimum Gasteiger partial charge on any atom is -0.495 e. The predicted octanol–water partition coefficient (Wildman–Crippen LogP) is 4.08. The van der Waals surface area contributed by atoms with E-state index in [0.29, 0.717) is 10.8 Å². The van der Waals surface area contributed by atoms with Gasteiger partial charge in [-0.25, -0.2) is 0 Å². The topological polar surface area (TPSA) is 35.2 Å². The number of nitrogen functional groups attached to an aromatic ring is 1. The molecule has 0 fully saturated rings. The summed E-state index contributed by atoms with van der Waals surface area (Å²) >= 11 is 7.68. The van der Waals surface area contributed by atoms with Gasteiger partial charge in [0.1, 0.15) is 5.75 Å². The fourth-order valence-corrected chi connectivity index (χ4v) is 2.67. The summed E-state index contributed by atoms with van der Waals surface area (Å²) in [6, 6.07) is 13.5. The first-order valence-corrected chi connectivity index (χ1v) is 6.25. The van der Waals surface area contributed by atoms with Crippen molar-refractivity contribution in [3.05, 3.63) is 47.5 Å². The molecule has 0 saturated heterocycles. The number of hydrogen-bond donors (Lipinski definition) is 1. The van der Waals surface area contributed by atoms with Crippen molar-refractivity contribution in [2.45, 2.75) is 9.79 Å². The molecule has 88 valence electrons. The highest BCUT2D eigenvalue weighted by molar-refractivity contribution is 7.99. The second-order valence-electron chi connectivity index (χ2n) is 3.47. The van der Waals surface area contributed by atoms with Gasteiger partial charge < -0.3 is 10.5 Å². The summed E-state index contributed by atoms with van der Waals surface area (Å²) in [5, 5.41) is 0.612. The van der Waals surface area contributed by atoms with Crippen molar-refractivity contribution in [2.75, 3.05) is 12.8 Å². The predicted molar refractivity (Wildman–Crippen MR) is 73.0 cm³/mol. The first-order chi connectivity index (χ1) is 8.19. The Kier molecular flexibility index (Phi) is 3.82. The van der Waals surface area contributed by atoms with Gasteiger partial charge in [0.05, 0.1) is 12.1 Å². The minimum absolute atomic E-state index is 0.612. The Labute approximate surface area is 110 Å². The minimum atomic E-state index is 0.612. The Bertz CT molecular complexity index is 531. The molecule has 0 unspecified atom stereocenters. The normalized spacial score (nSPS) is 10.2. The fraction of sp³-hybridized carbons (Fsp3) is 0.0769. The standard InChI is InChI=1S/C13H12ClNOS/c1-16-13-6-5-11(8-12(13)14)17-10-4-2-3-9(15)7-10/h2-8H,15H2,1H3. The van der Waals surface area contributed by atoms with Crippen LogP contribution in [0.15, 0.2) is 52.3 Å². The SMILES string of the molecule is COc1ccc(Sc2cccc(N)c2)cc1Cl. The lowest BCUT2D eigenvalue weighted by molar-refractivity contribution is 0.414. The third kappa shape index (κ3) is 3.08. The first kappa shape index (κ1) is 12.1. The summed E-state index contributed by atoms with van der Waals surface area (Å²) in [7, 11) is 1.60. The fourth-order valence-electron chi connectivity index (χ4n) is 1.42. The van der Waals surface area contributed by atoms with E-state index in [-0.39, 0.29) is 0 Å². The quantitative estimate of drug-likeness (QED) is 0.850. The van der Waals surface area contributed by atoms with E-state index in [1.165, 1.54) is 0 Å². The average molecular weight is 266 g/mol. The molecule has 0 aliphatic carbocycles. The maximum absolute atomic E-state index is 6.06. The Hall–Kier alpha value is -1.32. The van der Waals surface area contributed by atoms with Gasteiger partial charge >= 0.3 is 0 Å². The Morgan fingerprint density at radius 3 is 2.53 bits per heavy atom. The molecule has 0 atom stereocenters. The molecule has 2 aromatic carbocycles. The van der Waals surface area contributed by atoms with Crippen molar-refractivity contribution in [1.82, 2.24) is 0 Å². The van der Waals surface area contributed by atoms with E-state index >= 15 is 0 Å². The molecule has 0 saturated carbocycles. The van der Waals surface area contributed by atoms with Gasteiger partial charge in [-0.15, -0.1) is 0 Å². The van der Waals surface area contributed by atoms with Crippen LogP contribution in [0, 0.1) is 0 Å². The van der Waals surface area contributed by atoms with Gasteiger partial charge in [-0.3, -0.25) is 0 Å². The lowest BCUT2D eigenvalue weighted by atomic mass is 10.3. The Morgan fingerprint density at radius 2 is 1.88 bits per heavy atom. The van der Waals surface area contributed by atoms with Crippen LogP contribution in [0.4, 0.5) is 5.69 Å². The van der Waals surface area contributed by atoms with Crippen LogP contribution in [0.1, 0.15) is 0 Å². The number of benzene rings is 2. The number of anilines is 1. The van der Waals surface area contributed by atoms with Gasteiger partial charge in [0.2, 0.25) is 0 Å². The molecule has 2 aromatic rings. The molecule has 2 nitrogen and oxygen atoms in total. The van der Waals surface area contributed by atoms with E-state index in [4.69, 9.17) is 22.1 Å². The lowest BCUT2D eigenvalue weighted by Gasteiger charge is -2.06. The summed E-state index contributed by atoms with van der Waals surface area (Å²) in [6.07, 6.45) is 0. The van der Waals surface area contributed by atoms with E-state index in [9.17, 15) is 0 Å². The van der Waals surface area contributed by atoms with Crippen LogP contribution >= 0.6 is 23.4 Å². The maximum atomic E-state index is 6.06. The third-order valence-corrected chi connectivity index (χ3v) is 3.49. The first-order valence-electron chi connectivity index (χ1n) is 5.06. The highest BCUT2D eigenvalue weighted by Crippen LogP contribution is 2.34. The zero-order chi connectivity index (χ0) is 12.3. The van der Waals surface area contributed by atoms with Crippen LogP contribution in [0.3, 0.4) is 0 Å². The van der Waals surface area contributed by atoms with Crippen LogP contribution in [-0.2, 0) is 0 Å². The van der Waals surface area contributed by atoms with Crippen molar-refractivity contribution < 1.29 is 4.74 Å². The molecule has 0 aliphatic heterocycles. The molecule has 0 radical (unpaired) electrons. The number of rotatable bonds is 3. The second-order valence-corrected chi connectivity index (χ2v) is 5.03. The summed E-state index contributed by atoms with van der Waals surface area (Å²) in [5.41, 5.74) is 6.49. The molecule has 0 bridgehead atoms. The monoisotopic (exact) mass is 265 g/mol. The lowest BCUT2D eigenvalue weighted by Crippen LogP contribution is -1.85. The smallest absolute Gasteiger partial charge is 0.137 e. The molecule has 0 heterocycles. The zero-order valence-corrected chi connectivity index (χ0v) is 10.9. The van der Waals surface area contributed by atoms with Crippen LogP contribution in [-0.4, -0.2) is 7.11 Å². The van der Waals surface area contributed by atoms with Crippen molar-refractivity contribution in [3.8, 4) is 5.75 Å². The van der Waals surface area contributed by atoms with E-state index < -0.39 is 0 Å². The van der Waals surface area contributed by atoms with Gasteiger partial charge in [0.25, 0.3) is 0 Å². The molecule has 2 rings (SSSR count). The number of halogens is 1. The molecule has 17 heavy (non-hydrogen) atoms. The molecule has 0 aromatic heterocycles. The number of hydrogen-bond acceptors (Lipinski definition) is 3. The molecule has 0 spiro atoms. The molecule has 0 amide bonds. The third-order valence-electron chi connectivity index (χ3n) is 2.22. The number of ether oxygens (including phenoxy) is 1. The largest absolute Gasteiger partial charge is 0.495 e. The van der Waals surface area contributed by atoms with Crippen molar-refractivity contribution in [2.24, 2.45) is 0 Å². The summed E-state index contributed by atoms with van der Waals surface area (Å²) < 4.78 is 5.11. The van der Waals surface area contributed by atoms with E-state index in [1.807, 2.05) is 42.5 Å². The van der Waals surface area contributed by atoms with Crippen LogP contribution < -0.4 is 10.5 Å². The number of methoxy groups -OCH3 is 1. The molecule has 2 N–H and O–H groups in total. The Morgan fingerprint density at radius 1 is 1.12 bits per heavy atom. The summed E-state index contributed by atoms with van der Waals surface area (Å²) in [5.74, 6) is 0.684. The molecule has 0 aliphatic rings. The highest BCUT2D eigenvalue weighted by atomic mass is 35.5. The zero-order valence-electron chi connectivity index (χ0n) is 9.31. The molecular weight excluding hydrogens is 254 g/mol. The average Bonchev–Trinajstić information content (AvgIpc) is 2.29.